The Morgan fingerprint density at radius 1 is 1.03 bits per heavy atom. The average Bonchev–Trinajstić information content (AvgIpc) is 3.18. The number of nitrogens with zero attached hydrogens (tertiary/aromatic N) is 2. The Balaban J connectivity index is 1.42. The molecule has 2 aromatic carbocycles. The summed E-state index contributed by atoms with van der Waals surface area (Å²) in [4.78, 5) is 12.3. The van der Waals surface area contributed by atoms with E-state index in [-0.39, 0.29) is 11.2 Å². The third-order valence-electron chi connectivity index (χ3n) is 5.33. The number of hydrogen-bond acceptors (Lipinski definition) is 6. The molecule has 0 aliphatic carbocycles. The smallest absolute Gasteiger partial charge is 0.239 e. The van der Waals surface area contributed by atoms with Crippen LogP contribution in [0.2, 0.25) is 0 Å². The molecule has 1 saturated heterocycles. The second-order valence-corrected chi connectivity index (χ2v) is 9.18. The summed E-state index contributed by atoms with van der Waals surface area (Å²) in [7, 11) is 1.63. The number of nitrogens with one attached hydrogen (secondary N) is 1. The van der Waals surface area contributed by atoms with E-state index in [1.165, 1.54) is 43.9 Å². The molecule has 7 heteroatoms. The van der Waals surface area contributed by atoms with Gasteiger partial charge in [-0.3, -0.25) is 4.79 Å². The quantitative estimate of drug-likeness (QED) is 0.236. The van der Waals surface area contributed by atoms with Gasteiger partial charge in [-0.05, 0) is 60.4 Å². The highest BCUT2D eigenvalue weighted by Crippen LogP contribution is 2.25. The van der Waals surface area contributed by atoms with E-state index < -0.39 is 0 Å². The lowest BCUT2D eigenvalue weighted by Crippen LogP contribution is -2.25. The van der Waals surface area contributed by atoms with Crippen molar-refractivity contribution >= 4 is 29.1 Å². The molecule has 1 aliphatic rings. The van der Waals surface area contributed by atoms with E-state index in [0.29, 0.717) is 11.6 Å². The Labute approximate surface area is 200 Å². The Kier molecular flexibility index (Phi) is 10.3. The first-order valence-electron chi connectivity index (χ1n) is 11.6. The number of carbonyl (C=O) groups excluding carboxylic acids is 1. The van der Waals surface area contributed by atoms with E-state index in [9.17, 15) is 4.79 Å². The maximum absolute atomic E-state index is 12.3. The van der Waals surface area contributed by atoms with Crippen LogP contribution in [0.1, 0.15) is 56.6 Å². The molecule has 1 fully saturated rings. The van der Waals surface area contributed by atoms with Gasteiger partial charge in [-0.1, -0.05) is 62.9 Å². The standard InChI is InChI=1S/C26H33N3O3S/c1-3-4-5-6-7-8-16-32-22-14-12-20(13-15-22)19-27-29-26-28-25(30)24(33-26)18-21-10-9-11-23(17-21)31-2/h9-15,17,19,24H,3-8,16,18H2,1-2H3,(H,28,29,30)/b27-19+. The molecule has 0 aromatic heterocycles. The molecular formula is C26H33N3O3S. The fourth-order valence-electron chi connectivity index (χ4n) is 3.47. The first kappa shape index (κ1) is 24.8. The lowest BCUT2D eigenvalue weighted by Gasteiger charge is -2.07. The number of unbranched alkanes of at least 4 members (excludes halogenated alkanes) is 5. The molecule has 2 aromatic rings. The van der Waals surface area contributed by atoms with Crippen LogP contribution >= 0.6 is 11.8 Å². The molecule has 176 valence electrons. The van der Waals surface area contributed by atoms with Crippen LogP contribution in [0.3, 0.4) is 0 Å². The van der Waals surface area contributed by atoms with Gasteiger partial charge < -0.3 is 14.8 Å². The molecule has 3 rings (SSSR count). The summed E-state index contributed by atoms with van der Waals surface area (Å²) in [5.41, 5.74) is 1.97. The normalized spacial score (nSPS) is 17.0. The van der Waals surface area contributed by atoms with Crippen molar-refractivity contribution in [2.75, 3.05) is 13.7 Å². The van der Waals surface area contributed by atoms with Gasteiger partial charge in [0.05, 0.1) is 25.2 Å². The first-order chi connectivity index (χ1) is 16.2. The van der Waals surface area contributed by atoms with E-state index >= 15 is 0 Å². The fraction of sp³-hybridized carbons (Fsp3) is 0.423. The number of hydrogen-bond donors (Lipinski definition) is 1. The Morgan fingerprint density at radius 3 is 2.61 bits per heavy atom. The lowest BCUT2D eigenvalue weighted by atomic mass is 10.1. The summed E-state index contributed by atoms with van der Waals surface area (Å²) in [6.07, 6.45) is 9.80. The van der Waals surface area contributed by atoms with Gasteiger partial charge in [0.15, 0.2) is 5.17 Å². The van der Waals surface area contributed by atoms with Crippen LogP contribution < -0.4 is 14.8 Å². The van der Waals surface area contributed by atoms with Crippen molar-refractivity contribution in [3.8, 4) is 11.5 Å². The van der Waals surface area contributed by atoms with Crippen LogP contribution in [0.5, 0.6) is 11.5 Å². The Bertz CT molecular complexity index is 944. The average molecular weight is 468 g/mol. The van der Waals surface area contributed by atoms with Gasteiger partial charge in [-0.25, -0.2) is 0 Å². The number of thioether (sulfide) groups is 1. The van der Waals surface area contributed by atoms with Gasteiger partial charge in [0.2, 0.25) is 5.91 Å². The van der Waals surface area contributed by atoms with Crippen molar-refractivity contribution < 1.29 is 14.3 Å². The Morgan fingerprint density at radius 2 is 1.82 bits per heavy atom. The number of methoxy groups -OCH3 is 1. The number of benzene rings is 2. The summed E-state index contributed by atoms with van der Waals surface area (Å²) in [5, 5.41) is 11.4. The third-order valence-corrected chi connectivity index (χ3v) is 6.41. The number of ether oxygens (including phenoxy) is 2. The number of carbonyl (C=O) groups is 1. The lowest BCUT2D eigenvalue weighted by molar-refractivity contribution is -0.118. The van der Waals surface area contributed by atoms with E-state index in [4.69, 9.17) is 9.47 Å². The van der Waals surface area contributed by atoms with Crippen LogP contribution in [-0.4, -0.2) is 36.3 Å². The monoisotopic (exact) mass is 467 g/mol. The Hall–Kier alpha value is -2.80. The number of amides is 1. The van der Waals surface area contributed by atoms with Crippen molar-refractivity contribution in [3.05, 3.63) is 59.7 Å². The molecule has 1 aliphatic heterocycles. The van der Waals surface area contributed by atoms with Crippen LogP contribution in [0.4, 0.5) is 0 Å². The highest BCUT2D eigenvalue weighted by molar-refractivity contribution is 8.15. The number of amidine groups is 1. The molecule has 0 bridgehead atoms. The van der Waals surface area contributed by atoms with Crippen molar-refractivity contribution in [3.63, 3.8) is 0 Å². The second-order valence-electron chi connectivity index (χ2n) is 7.99. The van der Waals surface area contributed by atoms with E-state index in [2.05, 4.69) is 22.4 Å². The minimum atomic E-state index is -0.228. The predicted molar refractivity (Wildman–Crippen MR) is 137 cm³/mol. The third kappa shape index (κ3) is 8.57. The van der Waals surface area contributed by atoms with Crippen molar-refractivity contribution in [1.82, 2.24) is 5.32 Å². The van der Waals surface area contributed by atoms with Crippen LogP contribution in [-0.2, 0) is 11.2 Å². The SMILES string of the molecule is CCCCCCCCOc1ccc(/C=N/N=C2/NC(=O)C(Cc3cccc(OC)c3)S2)cc1. The zero-order valence-corrected chi connectivity index (χ0v) is 20.3. The summed E-state index contributed by atoms with van der Waals surface area (Å²) in [5.74, 6) is 1.60. The molecule has 1 unspecified atom stereocenters. The zero-order valence-electron chi connectivity index (χ0n) is 19.5. The van der Waals surface area contributed by atoms with E-state index in [0.717, 1.165) is 35.7 Å². The molecule has 1 atom stereocenters. The summed E-state index contributed by atoms with van der Waals surface area (Å²) >= 11 is 1.40. The molecule has 6 nitrogen and oxygen atoms in total. The van der Waals surface area contributed by atoms with Gasteiger partial charge in [0.25, 0.3) is 0 Å². The highest BCUT2D eigenvalue weighted by Gasteiger charge is 2.30. The topological polar surface area (TPSA) is 72.3 Å². The molecule has 1 heterocycles. The maximum atomic E-state index is 12.3. The molecule has 1 amide bonds. The maximum Gasteiger partial charge on any atom is 0.239 e. The van der Waals surface area contributed by atoms with Crippen LogP contribution in [0, 0.1) is 0 Å². The van der Waals surface area contributed by atoms with Gasteiger partial charge in [0, 0.05) is 0 Å². The van der Waals surface area contributed by atoms with Crippen LogP contribution in [0.25, 0.3) is 0 Å². The van der Waals surface area contributed by atoms with Gasteiger partial charge in [0.1, 0.15) is 11.5 Å². The summed E-state index contributed by atoms with van der Waals surface area (Å²) in [6, 6.07) is 15.5. The molecular weight excluding hydrogens is 434 g/mol. The van der Waals surface area contributed by atoms with Gasteiger partial charge in [-0.15, -0.1) is 5.10 Å². The first-order valence-corrected chi connectivity index (χ1v) is 12.5. The highest BCUT2D eigenvalue weighted by atomic mass is 32.2. The fourth-order valence-corrected chi connectivity index (χ4v) is 4.44. The largest absolute Gasteiger partial charge is 0.497 e. The van der Waals surface area contributed by atoms with Crippen LogP contribution in [0.15, 0.2) is 58.7 Å². The second kappa shape index (κ2) is 13.7. The molecule has 1 N–H and O–H groups in total. The van der Waals surface area contributed by atoms with Gasteiger partial charge in [-0.2, -0.15) is 5.10 Å². The number of rotatable bonds is 13. The minimum Gasteiger partial charge on any atom is -0.497 e. The molecule has 0 saturated carbocycles. The predicted octanol–water partition coefficient (Wildman–Crippen LogP) is 5.60. The van der Waals surface area contributed by atoms with Crippen molar-refractivity contribution in [2.45, 2.75) is 57.1 Å². The van der Waals surface area contributed by atoms with Crippen molar-refractivity contribution in [2.24, 2.45) is 10.2 Å². The van der Waals surface area contributed by atoms with E-state index in [1.54, 1.807) is 13.3 Å². The molecule has 0 radical (unpaired) electrons. The summed E-state index contributed by atoms with van der Waals surface area (Å²) in [6.45, 7) is 2.98. The van der Waals surface area contributed by atoms with E-state index in [1.807, 2.05) is 48.5 Å². The zero-order chi connectivity index (χ0) is 23.3. The van der Waals surface area contributed by atoms with Gasteiger partial charge >= 0.3 is 0 Å². The minimum absolute atomic E-state index is 0.0522. The summed E-state index contributed by atoms with van der Waals surface area (Å²) < 4.78 is 11.1. The van der Waals surface area contributed by atoms with Crippen molar-refractivity contribution in [1.29, 1.82) is 0 Å². The molecule has 0 spiro atoms. The molecule has 33 heavy (non-hydrogen) atoms.